The van der Waals surface area contributed by atoms with Gasteiger partial charge in [0, 0.05) is 24.5 Å². The van der Waals surface area contributed by atoms with Gasteiger partial charge in [0.15, 0.2) is 0 Å². The standard InChI is InChI=1S/C14H16BrNO2/c1-18-14(17)10-4-2-3-9(5-10)6-16-7-11-12(8-16)13(11)15/h2-5,11-13H,6-8H2,1H3/t11-,12+,13?. The van der Waals surface area contributed by atoms with Crippen LogP contribution in [0.3, 0.4) is 0 Å². The monoisotopic (exact) mass is 309 g/mol. The van der Waals surface area contributed by atoms with Crippen LogP contribution in [-0.4, -0.2) is 35.9 Å². The molecule has 1 aromatic rings. The van der Waals surface area contributed by atoms with Crippen molar-refractivity contribution in [2.24, 2.45) is 11.8 Å². The molecule has 0 amide bonds. The first-order chi connectivity index (χ1) is 8.69. The Bertz CT molecular complexity index is 465. The third-order valence-electron chi connectivity index (χ3n) is 3.92. The van der Waals surface area contributed by atoms with E-state index in [4.69, 9.17) is 4.74 Å². The van der Waals surface area contributed by atoms with E-state index in [0.717, 1.165) is 23.2 Å². The van der Waals surface area contributed by atoms with E-state index in [1.165, 1.54) is 25.8 Å². The highest BCUT2D eigenvalue weighted by molar-refractivity contribution is 9.09. The van der Waals surface area contributed by atoms with Crippen LogP contribution in [0.1, 0.15) is 15.9 Å². The number of halogens is 1. The van der Waals surface area contributed by atoms with Crippen molar-refractivity contribution in [1.82, 2.24) is 4.90 Å². The van der Waals surface area contributed by atoms with Gasteiger partial charge in [-0.1, -0.05) is 28.1 Å². The van der Waals surface area contributed by atoms with Gasteiger partial charge in [-0.05, 0) is 29.5 Å². The molecule has 1 unspecified atom stereocenters. The number of carbonyl (C=O) groups is 1. The zero-order chi connectivity index (χ0) is 12.7. The maximum absolute atomic E-state index is 11.5. The van der Waals surface area contributed by atoms with Crippen LogP contribution in [0.4, 0.5) is 0 Å². The Morgan fingerprint density at radius 2 is 2.17 bits per heavy atom. The number of ether oxygens (including phenoxy) is 1. The average Bonchev–Trinajstić information content (AvgIpc) is 2.81. The number of fused-ring (bicyclic) bond motifs is 1. The maximum atomic E-state index is 11.5. The lowest BCUT2D eigenvalue weighted by atomic mass is 10.1. The molecule has 2 fully saturated rings. The van der Waals surface area contributed by atoms with E-state index in [-0.39, 0.29) is 5.97 Å². The summed E-state index contributed by atoms with van der Waals surface area (Å²) < 4.78 is 4.74. The van der Waals surface area contributed by atoms with E-state index in [2.05, 4.69) is 26.9 Å². The van der Waals surface area contributed by atoms with Crippen molar-refractivity contribution >= 4 is 21.9 Å². The van der Waals surface area contributed by atoms with Gasteiger partial charge in [-0.3, -0.25) is 4.90 Å². The molecule has 1 aliphatic carbocycles. The van der Waals surface area contributed by atoms with Crippen molar-refractivity contribution in [1.29, 1.82) is 0 Å². The quantitative estimate of drug-likeness (QED) is 0.634. The number of methoxy groups -OCH3 is 1. The molecular weight excluding hydrogens is 294 g/mol. The van der Waals surface area contributed by atoms with E-state index in [9.17, 15) is 4.79 Å². The highest BCUT2D eigenvalue weighted by atomic mass is 79.9. The molecule has 1 saturated heterocycles. The fourth-order valence-corrected chi connectivity index (χ4v) is 3.79. The van der Waals surface area contributed by atoms with Gasteiger partial charge in [0.25, 0.3) is 0 Å². The van der Waals surface area contributed by atoms with Crippen LogP contribution in [0.15, 0.2) is 24.3 Å². The Morgan fingerprint density at radius 1 is 1.44 bits per heavy atom. The predicted molar refractivity (Wildman–Crippen MR) is 72.8 cm³/mol. The Morgan fingerprint density at radius 3 is 2.83 bits per heavy atom. The normalized spacial score (nSPS) is 30.0. The van der Waals surface area contributed by atoms with Gasteiger partial charge in [-0.15, -0.1) is 0 Å². The minimum Gasteiger partial charge on any atom is -0.465 e. The molecule has 3 rings (SSSR count). The molecular formula is C14H16BrNO2. The maximum Gasteiger partial charge on any atom is 0.337 e. The fraction of sp³-hybridized carbons (Fsp3) is 0.500. The van der Waals surface area contributed by atoms with Gasteiger partial charge >= 0.3 is 5.97 Å². The SMILES string of the molecule is COC(=O)c1cccc(CN2C[C@@H]3C(Br)[C@@H]3C2)c1. The molecule has 0 bridgehead atoms. The lowest BCUT2D eigenvalue weighted by molar-refractivity contribution is 0.0600. The lowest BCUT2D eigenvalue weighted by Gasteiger charge is -2.18. The van der Waals surface area contributed by atoms with Crippen molar-refractivity contribution in [3.05, 3.63) is 35.4 Å². The highest BCUT2D eigenvalue weighted by Crippen LogP contribution is 2.50. The summed E-state index contributed by atoms with van der Waals surface area (Å²) in [7, 11) is 1.42. The van der Waals surface area contributed by atoms with E-state index >= 15 is 0 Å². The molecule has 3 atom stereocenters. The summed E-state index contributed by atoms with van der Waals surface area (Å²) in [5.41, 5.74) is 1.82. The van der Waals surface area contributed by atoms with Gasteiger partial charge in [0.2, 0.25) is 0 Å². The predicted octanol–water partition coefficient (Wildman–Crippen LogP) is 2.30. The van der Waals surface area contributed by atoms with Gasteiger partial charge in [0.05, 0.1) is 12.7 Å². The zero-order valence-electron chi connectivity index (χ0n) is 10.3. The van der Waals surface area contributed by atoms with Crippen LogP contribution in [0, 0.1) is 11.8 Å². The second-order valence-electron chi connectivity index (χ2n) is 5.16. The minimum absolute atomic E-state index is 0.262. The van der Waals surface area contributed by atoms with Crippen LogP contribution in [0.5, 0.6) is 0 Å². The summed E-state index contributed by atoms with van der Waals surface area (Å²) in [4.78, 5) is 14.7. The van der Waals surface area contributed by atoms with E-state index < -0.39 is 0 Å². The number of likely N-dealkylation sites (tertiary alicyclic amines) is 1. The number of carbonyl (C=O) groups excluding carboxylic acids is 1. The van der Waals surface area contributed by atoms with Crippen LogP contribution < -0.4 is 0 Å². The molecule has 0 radical (unpaired) electrons. The Kier molecular flexibility index (Phi) is 3.16. The number of piperidine rings is 1. The molecule has 2 aliphatic rings. The van der Waals surface area contributed by atoms with E-state index in [1.54, 1.807) is 6.07 Å². The Balaban J connectivity index is 1.65. The zero-order valence-corrected chi connectivity index (χ0v) is 11.9. The highest BCUT2D eigenvalue weighted by Gasteiger charge is 2.53. The fourth-order valence-electron chi connectivity index (χ4n) is 2.84. The van der Waals surface area contributed by atoms with Crippen molar-refractivity contribution in [2.75, 3.05) is 20.2 Å². The first-order valence-corrected chi connectivity index (χ1v) is 7.14. The van der Waals surface area contributed by atoms with Gasteiger partial charge in [-0.2, -0.15) is 0 Å². The molecule has 4 heteroatoms. The van der Waals surface area contributed by atoms with Crippen molar-refractivity contribution in [3.63, 3.8) is 0 Å². The average molecular weight is 310 g/mol. The molecule has 0 spiro atoms. The second kappa shape index (κ2) is 4.67. The van der Waals surface area contributed by atoms with E-state index in [1.807, 2.05) is 12.1 Å². The third-order valence-corrected chi connectivity index (χ3v) is 5.28. The van der Waals surface area contributed by atoms with Crippen LogP contribution in [0.25, 0.3) is 0 Å². The Hall–Kier alpha value is -0.870. The van der Waals surface area contributed by atoms with Crippen molar-refractivity contribution in [2.45, 2.75) is 11.4 Å². The van der Waals surface area contributed by atoms with Gasteiger partial charge in [0.1, 0.15) is 0 Å². The topological polar surface area (TPSA) is 29.5 Å². The molecule has 3 nitrogen and oxygen atoms in total. The molecule has 1 saturated carbocycles. The smallest absolute Gasteiger partial charge is 0.337 e. The van der Waals surface area contributed by atoms with Crippen LogP contribution >= 0.6 is 15.9 Å². The number of alkyl halides is 1. The van der Waals surface area contributed by atoms with Gasteiger partial charge in [-0.25, -0.2) is 4.79 Å². The summed E-state index contributed by atoms with van der Waals surface area (Å²) in [5, 5.41) is 0. The summed E-state index contributed by atoms with van der Waals surface area (Å²) in [5.74, 6) is 1.42. The minimum atomic E-state index is -0.262. The summed E-state index contributed by atoms with van der Waals surface area (Å²) in [6.45, 7) is 3.27. The molecule has 1 aliphatic heterocycles. The molecule has 0 aromatic heterocycles. The van der Waals surface area contributed by atoms with Gasteiger partial charge < -0.3 is 4.74 Å². The summed E-state index contributed by atoms with van der Waals surface area (Å²) in [6.07, 6.45) is 0. The summed E-state index contributed by atoms with van der Waals surface area (Å²) in [6, 6.07) is 7.72. The van der Waals surface area contributed by atoms with Crippen molar-refractivity contribution < 1.29 is 9.53 Å². The number of nitrogens with zero attached hydrogens (tertiary/aromatic N) is 1. The molecule has 0 N–H and O–H groups in total. The van der Waals surface area contributed by atoms with Crippen molar-refractivity contribution in [3.8, 4) is 0 Å². The number of hydrogen-bond acceptors (Lipinski definition) is 3. The molecule has 1 aromatic carbocycles. The summed E-state index contributed by atoms with van der Waals surface area (Å²) >= 11 is 3.69. The molecule has 96 valence electrons. The number of benzene rings is 1. The van der Waals surface area contributed by atoms with E-state index in [0.29, 0.717) is 5.56 Å². The Labute approximate surface area is 115 Å². The first kappa shape index (κ1) is 12.2. The second-order valence-corrected chi connectivity index (χ2v) is 6.22. The number of hydrogen-bond donors (Lipinski definition) is 0. The third kappa shape index (κ3) is 2.19. The first-order valence-electron chi connectivity index (χ1n) is 6.22. The lowest BCUT2D eigenvalue weighted by Crippen LogP contribution is -2.24. The number of rotatable bonds is 3. The van der Waals surface area contributed by atoms with Crippen LogP contribution in [-0.2, 0) is 11.3 Å². The largest absolute Gasteiger partial charge is 0.465 e. The van der Waals surface area contributed by atoms with Crippen LogP contribution in [0.2, 0.25) is 0 Å². The molecule has 18 heavy (non-hydrogen) atoms. The number of esters is 1. The molecule has 1 heterocycles.